The van der Waals surface area contributed by atoms with Crippen molar-refractivity contribution in [3.8, 4) is 0 Å². The molecule has 1 fully saturated rings. The number of aromatic nitrogens is 3. The molecule has 1 saturated heterocycles. The van der Waals surface area contributed by atoms with Gasteiger partial charge in [-0.3, -0.25) is 14.2 Å². The second kappa shape index (κ2) is 7.42. The van der Waals surface area contributed by atoms with Crippen molar-refractivity contribution in [2.75, 3.05) is 31.1 Å². The Morgan fingerprint density at radius 2 is 1.89 bits per heavy atom. The number of hydrogen-bond acceptors (Lipinski definition) is 5. The molecule has 7 heteroatoms. The van der Waals surface area contributed by atoms with E-state index in [-0.39, 0.29) is 11.5 Å². The third-order valence-electron chi connectivity index (χ3n) is 5.13. The standard InChI is InChI=1S/C21H23N5O2/c1-3-26-18-17(8-5-9-22-18)23-19(21(26)28)24-10-12-25(13-11-24)20(27)16-7-4-6-15(2)14-16/h4-9,14H,3,10-13H2,1-2H3. The summed E-state index contributed by atoms with van der Waals surface area (Å²) < 4.78 is 1.65. The third kappa shape index (κ3) is 3.24. The Morgan fingerprint density at radius 3 is 2.61 bits per heavy atom. The molecule has 1 aliphatic heterocycles. The third-order valence-corrected chi connectivity index (χ3v) is 5.13. The van der Waals surface area contributed by atoms with Gasteiger partial charge in [-0.25, -0.2) is 9.97 Å². The maximum Gasteiger partial charge on any atom is 0.295 e. The summed E-state index contributed by atoms with van der Waals surface area (Å²) in [7, 11) is 0. The molecule has 7 nitrogen and oxygen atoms in total. The van der Waals surface area contributed by atoms with Gasteiger partial charge in [0.15, 0.2) is 11.5 Å². The summed E-state index contributed by atoms with van der Waals surface area (Å²) in [5.41, 5.74) is 2.95. The average molecular weight is 377 g/mol. The lowest BCUT2D eigenvalue weighted by Gasteiger charge is -2.35. The van der Waals surface area contributed by atoms with Crippen LogP contribution in [0.15, 0.2) is 47.4 Å². The molecule has 0 atom stereocenters. The predicted molar refractivity (Wildman–Crippen MR) is 109 cm³/mol. The largest absolute Gasteiger partial charge is 0.348 e. The highest BCUT2D eigenvalue weighted by Crippen LogP contribution is 2.16. The molecule has 1 aromatic carbocycles. The van der Waals surface area contributed by atoms with E-state index in [1.807, 2.05) is 60.0 Å². The molecule has 0 bridgehead atoms. The number of amides is 1. The molecule has 0 saturated carbocycles. The molecule has 0 N–H and O–H groups in total. The summed E-state index contributed by atoms with van der Waals surface area (Å²) in [6.45, 7) is 6.72. The summed E-state index contributed by atoms with van der Waals surface area (Å²) >= 11 is 0. The van der Waals surface area contributed by atoms with Gasteiger partial charge in [0, 0.05) is 44.5 Å². The van der Waals surface area contributed by atoms with E-state index in [1.165, 1.54) is 0 Å². The van der Waals surface area contributed by atoms with Gasteiger partial charge in [-0.05, 0) is 38.1 Å². The van der Waals surface area contributed by atoms with Crippen LogP contribution in [0.3, 0.4) is 0 Å². The number of nitrogens with zero attached hydrogens (tertiary/aromatic N) is 5. The first-order valence-corrected chi connectivity index (χ1v) is 9.55. The number of piperazine rings is 1. The van der Waals surface area contributed by atoms with Gasteiger partial charge in [-0.15, -0.1) is 0 Å². The molecule has 28 heavy (non-hydrogen) atoms. The normalized spacial score (nSPS) is 14.5. The highest BCUT2D eigenvalue weighted by Gasteiger charge is 2.25. The fourth-order valence-corrected chi connectivity index (χ4v) is 3.64. The second-order valence-corrected chi connectivity index (χ2v) is 6.98. The maximum atomic E-state index is 12.9. The zero-order valence-corrected chi connectivity index (χ0v) is 16.1. The fraction of sp³-hybridized carbons (Fsp3) is 0.333. The van der Waals surface area contributed by atoms with Gasteiger partial charge in [0.2, 0.25) is 0 Å². The molecule has 2 aromatic heterocycles. The van der Waals surface area contributed by atoms with Crippen molar-refractivity contribution >= 4 is 22.9 Å². The Hall–Kier alpha value is -3.22. The highest BCUT2D eigenvalue weighted by atomic mass is 16.2. The van der Waals surface area contributed by atoms with Gasteiger partial charge in [0.1, 0.15) is 5.52 Å². The van der Waals surface area contributed by atoms with Crippen LogP contribution in [0.2, 0.25) is 0 Å². The molecule has 0 aliphatic carbocycles. The monoisotopic (exact) mass is 377 g/mol. The van der Waals surface area contributed by atoms with Gasteiger partial charge < -0.3 is 9.80 Å². The molecule has 3 heterocycles. The number of rotatable bonds is 3. The number of carbonyl (C=O) groups is 1. The summed E-state index contributed by atoms with van der Waals surface area (Å²) in [6, 6.07) is 11.3. The summed E-state index contributed by atoms with van der Waals surface area (Å²) in [6.07, 6.45) is 1.67. The zero-order valence-electron chi connectivity index (χ0n) is 16.1. The minimum absolute atomic E-state index is 0.0324. The molecule has 4 rings (SSSR count). The van der Waals surface area contributed by atoms with Crippen LogP contribution in [0, 0.1) is 6.92 Å². The van der Waals surface area contributed by atoms with Gasteiger partial charge in [0.05, 0.1) is 0 Å². The molecule has 144 valence electrons. The number of aryl methyl sites for hydroxylation is 2. The minimum atomic E-state index is -0.132. The molecule has 3 aromatic rings. The van der Waals surface area contributed by atoms with E-state index in [2.05, 4.69) is 9.97 Å². The first-order valence-electron chi connectivity index (χ1n) is 9.55. The van der Waals surface area contributed by atoms with E-state index < -0.39 is 0 Å². The topological polar surface area (TPSA) is 71.3 Å². The van der Waals surface area contributed by atoms with Crippen molar-refractivity contribution in [2.24, 2.45) is 0 Å². The fourth-order valence-electron chi connectivity index (χ4n) is 3.64. The van der Waals surface area contributed by atoms with Crippen LogP contribution in [-0.4, -0.2) is 51.5 Å². The lowest BCUT2D eigenvalue weighted by Crippen LogP contribution is -2.50. The Morgan fingerprint density at radius 1 is 1.11 bits per heavy atom. The number of benzene rings is 1. The number of carbonyl (C=O) groups excluding carboxylic acids is 1. The van der Waals surface area contributed by atoms with Crippen molar-refractivity contribution in [3.05, 3.63) is 64.1 Å². The second-order valence-electron chi connectivity index (χ2n) is 6.98. The first-order chi connectivity index (χ1) is 13.6. The van der Waals surface area contributed by atoms with Gasteiger partial charge >= 0.3 is 0 Å². The van der Waals surface area contributed by atoms with Crippen molar-refractivity contribution < 1.29 is 4.79 Å². The Balaban J connectivity index is 1.56. The van der Waals surface area contributed by atoms with E-state index in [1.54, 1.807) is 10.8 Å². The Labute approximate surface area is 163 Å². The highest BCUT2D eigenvalue weighted by molar-refractivity contribution is 5.94. The number of fused-ring (bicyclic) bond motifs is 1. The SMILES string of the molecule is CCn1c(=O)c(N2CCN(C(=O)c3cccc(C)c3)CC2)nc2cccnc21. The van der Waals surface area contributed by atoms with Crippen LogP contribution in [0.1, 0.15) is 22.8 Å². The van der Waals surface area contributed by atoms with Crippen LogP contribution in [0.25, 0.3) is 11.2 Å². The first kappa shape index (κ1) is 18.2. The summed E-state index contributed by atoms with van der Waals surface area (Å²) in [4.78, 5) is 38.4. The molecule has 0 radical (unpaired) electrons. The molecule has 1 aliphatic rings. The van der Waals surface area contributed by atoms with Gasteiger partial charge in [-0.1, -0.05) is 17.7 Å². The number of hydrogen-bond donors (Lipinski definition) is 0. The van der Waals surface area contributed by atoms with Crippen molar-refractivity contribution in [2.45, 2.75) is 20.4 Å². The molecular weight excluding hydrogens is 354 g/mol. The smallest absolute Gasteiger partial charge is 0.295 e. The number of pyridine rings is 1. The van der Waals surface area contributed by atoms with Crippen LogP contribution in [-0.2, 0) is 6.54 Å². The van der Waals surface area contributed by atoms with E-state index >= 15 is 0 Å². The molecule has 0 spiro atoms. The predicted octanol–water partition coefficient (Wildman–Crippen LogP) is 2.08. The van der Waals surface area contributed by atoms with Crippen LogP contribution < -0.4 is 10.5 Å². The Bertz CT molecular complexity index is 1080. The zero-order chi connectivity index (χ0) is 19.7. The molecular formula is C21H23N5O2. The van der Waals surface area contributed by atoms with E-state index in [0.29, 0.717) is 55.3 Å². The summed E-state index contributed by atoms with van der Waals surface area (Å²) in [5, 5.41) is 0. The maximum absolute atomic E-state index is 12.9. The van der Waals surface area contributed by atoms with Crippen LogP contribution in [0.4, 0.5) is 5.82 Å². The van der Waals surface area contributed by atoms with Crippen molar-refractivity contribution in [1.29, 1.82) is 0 Å². The van der Waals surface area contributed by atoms with Crippen LogP contribution in [0.5, 0.6) is 0 Å². The van der Waals surface area contributed by atoms with E-state index in [9.17, 15) is 9.59 Å². The minimum Gasteiger partial charge on any atom is -0.348 e. The lowest BCUT2D eigenvalue weighted by atomic mass is 10.1. The van der Waals surface area contributed by atoms with Crippen molar-refractivity contribution in [3.63, 3.8) is 0 Å². The van der Waals surface area contributed by atoms with E-state index in [4.69, 9.17) is 0 Å². The molecule has 0 unspecified atom stereocenters. The average Bonchev–Trinajstić information content (AvgIpc) is 2.73. The van der Waals surface area contributed by atoms with E-state index in [0.717, 1.165) is 5.56 Å². The Kier molecular flexibility index (Phi) is 4.81. The lowest BCUT2D eigenvalue weighted by molar-refractivity contribution is 0.0746. The van der Waals surface area contributed by atoms with Gasteiger partial charge in [0.25, 0.3) is 11.5 Å². The van der Waals surface area contributed by atoms with Gasteiger partial charge in [-0.2, -0.15) is 0 Å². The van der Waals surface area contributed by atoms with Crippen LogP contribution >= 0.6 is 0 Å². The number of anilines is 1. The van der Waals surface area contributed by atoms with Crippen molar-refractivity contribution in [1.82, 2.24) is 19.4 Å². The summed E-state index contributed by atoms with van der Waals surface area (Å²) in [5.74, 6) is 0.468. The quantitative estimate of drug-likeness (QED) is 0.699. The molecule has 1 amide bonds.